The number of fused-ring (bicyclic) bond motifs is 1. The molecule has 2 aromatic carbocycles. The summed E-state index contributed by atoms with van der Waals surface area (Å²) in [6, 6.07) is 12.3. The van der Waals surface area contributed by atoms with Crippen molar-refractivity contribution in [2.75, 3.05) is 0 Å². The van der Waals surface area contributed by atoms with Crippen molar-refractivity contribution in [1.29, 1.82) is 5.26 Å². The van der Waals surface area contributed by atoms with Crippen LogP contribution in [-0.4, -0.2) is 25.6 Å². The molecule has 0 radical (unpaired) electrons. The van der Waals surface area contributed by atoms with E-state index in [1.165, 1.54) is 23.1 Å². The van der Waals surface area contributed by atoms with Crippen LogP contribution < -0.4 is 0 Å². The number of aromatic nitrogens is 3. The molecule has 2 heterocycles. The highest BCUT2D eigenvalue weighted by Gasteiger charge is 2.33. The summed E-state index contributed by atoms with van der Waals surface area (Å²) in [5, 5.41) is 12.6. The van der Waals surface area contributed by atoms with Crippen LogP contribution in [0.1, 0.15) is 22.5 Å². The zero-order valence-electron chi connectivity index (χ0n) is 15.0. The number of rotatable bonds is 3. The van der Waals surface area contributed by atoms with Gasteiger partial charge in [-0.05, 0) is 34.4 Å². The van der Waals surface area contributed by atoms with Gasteiger partial charge in [0.05, 0.1) is 5.56 Å². The molecule has 1 aliphatic rings. The number of alkyl halides is 3. The molecular weight excluding hydrogens is 383 g/mol. The van der Waals surface area contributed by atoms with Crippen LogP contribution in [0.5, 0.6) is 0 Å². The summed E-state index contributed by atoms with van der Waals surface area (Å²) >= 11 is 0. The number of amides is 1. The standard InChI is InChI=1S/C20H14F3N5O/c21-20(22,23)17-4-2-1-3-16(17)13-5-6-14-9-27(10-15(14)7-13)19(29)11-28-12-25-18(8-24)26-28/h1-7,12H,9-11H2. The molecule has 0 saturated heterocycles. The van der Waals surface area contributed by atoms with Gasteiger partial charge in [-0.25, -0.2) is 9.67 Å². The van der Waals surface area contributed by atoms with Crippen LogP contribution in [0.4, 0.5) is 13.2 Å². The van der Waals surface area contributed by atoms with Gasteiger partial charge in [-0.15, -0.1) is 5.10 Å². The van der Waals surface area contributed by atoms with Gasteiger partial charge in [0, 0.05) is 13.1 Å². The van der Waals surface area contributed by atoms with E-state index < -0.39 is 11.7 Å². The molecule has 0 aliphatic carbocycles. The van der Waals surface area contributed by atoms with Crippen LogP contribution >= 0.6 is 0 Å². The lowest BCUT2D eigenvalue weighted by Gasteiger charge is -2.15. The topological polar surface area (TPSA) is 74.8 Å². The van der Waals surface area contributed by atoms with E-state index in [0.717, 1.165) is 17.2 Å². The summed E-state index contributed by atoms with van der Waals surface area (Å²) in [6.45, 7) is 0.609. The Hall–Kier alpha value is -3.67. The van der Waals surface area contributed by atoms with E-state index in [0.29, 0.717) is 18.7 Å². The number of carbonyl (C=O) groups is 1. The van der Waals surface area contributed by atoms with Gasteiger partial charge in [0.15, 0.2) is 0 Å². The third-order valence-electron chi connectivity index (χ3n) is 4.76. The quantitative estimate of drug-likeness (QED) is 0.679. The Balaban J connectivity index is 1.55. The average Bonchev–Trinajstić information content (AvgIpc) is 3.33. The van der Waals surface area contributed by atoms with Crippen molar-refractivity contribution in [3.05, 3.63) is 71.3 Å². The van der Waals surface area contributed by atoms with Crippen LogP contribution in [0.25, 0.3) is 11.1 Å². The third-order valence-corrected chi connectivity index (χ3v) is 4.76. The molecular formula is C20H14F3N5O. The van der Waals surface area contributed by atoms with Crippen LogP contribution in [0.2, 0.25) is 0 Å². The molecule has 6 nitrogen and oxygen atoms in total. The molecule has 0 atom stereocenters. The fourth-order valence-electron chi connectivity index (χ4n) is 3.38. The molecule has 1 aromatic heterocycles. The molecule has 4 rings (SSSR count). The van der Waals surface area contributed by atoms with Crippen molar-refractivity contribution >= 4 is 5.91 Å². The van der Waals surface area contributed by atoms with E-state index in [9.17, 15) is 18.0 Å². The molecule has 0 bridgehead atoms. The number of carbonyl (C=O) groups excluding carboxylic acids is 1. The number of hydrogen-bond donors (Lipinski definition) is 0. The highest BCUT2D eigenvalue weighted by molar-refractivity contribution is 5.77. The molecule has 0 unspecified atom stereocenters. The summed E-state index contributed by atoms with van der Waals surface area (Å²) in [5.41, 5.74) is 1.58. The molecule has 1 aliphatic heterocycles. The first-order valence-electron chi connectivity index (χ1n) is 8.71. The molecule has 0 saturated carbocycles. The van der Waals surface area contributed by atoms with Gasteiger partial charge in [-0.2, -0.15) is 18.4 Å². The zero-order chi connectivity index (χ0) is 20.6. The molecule has 0 spiro atoms. The Bertz CT molecular complexity index is 1130. The van der Waals surface area contributed by atoms with E-state index in [4.69, 9.17) is 5.26 Å². The Morgan fingerprint density at radius 1 is 1.14 bits per heavy atom. The summed E-state index contributed by atoms with van der Waals surface area (Å²) < 4.78 is 41.3. The Morgan fingerprint density at radius 3 is 2.62 bits per heavy atom. The summed E-state index contributed by atoms with van der Waals surface area (Å²) in [4.78, 5) is 17.9. The Labute approximate surface area is 163 Å². The van der Waals surface area contributed by atoms with Crippen LogP contribution in [0, 0.1) is 11.3 Å². The van der Waals surface area contributed by atoms with Crippen LogP contribution in [0.15, 0.2) is 48.8 Å². The number of benzene rings is 2. The summed E-state index contributed by atoms with van der Waals surface area (Å²) in [5.74, 6) is -0.233. The predicted molar refractivity (Wildman–Crippen MR) is 95.9 cm³/mol. The molecule has 29 heavy (non-hydrogen) atoms. The Kier molecular flexibility index (Phi) is 4.54. The Morgan fingerprint density at radius 2 is 1.90 bits per heavy atom. The van der Waals surface area contributed by atoms with Crippen molar-refractivity contribution < 1.29 is 18.0 Å². The minimum atomic E-state index is -4.45. The zero-order valence-corrected chi connectivity index (χ0v) is 15.0. The molecule has 1 amide bonds. The highest BCUT2D eigenvalue weighted by atomic mass is 19.4. The SMILES string of the molecule is N#Cc1ncn(CC(=O)N2Cc3ccc(-c4ccccc4C(F)(F)F)cc3C2)n1. The second-order valence-electron chi connectivity index (χ2n) is 6.65. The maximum Gasteiger partial charge on any atom is 0.417 e. The molecule has 0 fully saturated rings. The predicted octanol–water partition coefficient (Wildman–Crippen LogP) is 3.38. The second-order valence-corrected chi connectivity index (χ2v) is 6.65. The smallest absolute Gasteiger partial charge is 0.332 e. The van der Waals surface area contributed by atoms with Gasteiger partial charge in [-0.1, -0.05) is 30.3 Å². The van der Waals surface area contributed by atoms with Gasteiger partial charge >= 0.3 is 6.18 Å². The van der Waals surface area contributed by atoms with Crippen molar-refractivity contribution in [2.24, 2.45) is 0 Å². The number of hydrogen-bond acceptors (Lipinski definition) is 4. The number of halogens is 3. The average molecular weight is 397 g/mol. The lowest BCUT2D eigenvalue weighted by atomic mass is 9.96. The molecule has 3 aromatic rings. The molecule has 146 valence electrons. The van der Waals surface area contributed by atoms with Gasteiger partial charge in [0.2, 0.25) is 5.91 Å². The first-order chi connectivity index (χ1) is 13.8. The van der Waals surface area contributed by atoms with E-state index >= 15 is 0 Å². The minimum absolute atomic E-state index is 0.0181. The van der Waals surface area contributed by atoms with Gasteiger partial charge in [0.25, 0.3) is 5.82 Å². The summed E-state index contributed by atoms with van der Waals surface area (Å²) in [7, 11) is 0. The highest BCUT2D eigenvalue weighted by Crippen LogP contribution is 2.38. The normalized spacial score (nSPS) is 13.2. The molecule has 9 heteroatoms. The lowest BCUT2D eigenvalue weighted by Crippen LogP contribution is -2.29. The van der Waals surface area contributed by atoms with Crippen molar-refractivity contribution in [2.45, 2.75) is 25.8 Å². The van der Waals surface area contributed by atoms with Crippen LogP contribution in [0.3, 0.4) is 0 Å². The molecule has 0 N–H and O–H groups in total. The summed E-state index contributed by atoms with van der Waals surface area (Å²) in [6.07, 6.45) is -3.14. The van der Waals surface area contributed by atoms with Crippen molar-refractivity contribution in [3.63, 3.8) is 0 Å². The maximum atomic E-state index is 13.3. The van der Waals surface area contributed by atoms with Crippen molar-refractivity contribution in [1.82, 2.24) is 19.7 Å². The van der Waals surface area contributed by atoms with Crippen molar-refractivity contribution in [3.8, 4) is 17.2 Å². The number of nitrogens with zero attached hydrogens (tertiary/aromatic N) is 5. The maximum absolute atomic E-state index is 13.3. The monoisotopic (exact) mass is 397 g/mol. The third kappa shape index (κ3) is 3.69. The number of nitriles is 1. The van der Waals surface area contributed by atoms with E-state index in [1.54, 1.807) is 35.2 Å². The van der Waals surface area contributed by atoms with E-state index in [1.807, 2.05) is 0 Å². The van der Waals surface area contributed by atoms with Gasteiger partial charge < -0.3 is 4.90 Å². The van der Waals surface area contributed by atoms with Gasteiger partial charge in [-0.3, -0.25) is 4.79 Å². The van der Waals surface area contributed by atoms with E-state index in [2.05, 4.69) is 10.1 Å². The first kappa shape index (κ1) is 18.7. The van der Waals surface area contributed by atoms with Crippen LogP contribution in [-0.2, 0) is 30.6 Å². The lowest BCUT2D eigenvalue weighted by molar-refractivity contribution is -0.137. The fourth-order valence-corrected chi connectivity index (χ4v) is 3.38. The fraction of sp³-hybridized carbons (Fsp3) is 0.200. The second kappa shape index (κ2) is 7.05. The minimum Gasteiger partial charge on any atom is -0.332 e. The van der Waals surface area contributed by atoms with Gasteiger partial charge in [0.1, 0.15) is 18.9 Å². The first-order valence-corrected chi connectivity index (χ1v) is 8.71. The van der Waals surface area contributed by atoms with E-state index in [-0.39, 0.29) is 23.8 Å². The largest absolute Gasteiger partial charge is 0.417 e.